The molecular weight excluding hydrogens is 460 g/mol. The van der Waals surface area contributed by atoms with Crippen molar-refractivity contribution in [2.24, 2.45) is 0 Å². The fraction of sp³-hybridized carbons (Fsp3) is 0.0690. The molecule has 3 rings (SSSR count). The average Bonchev–Trinajstić information content (AvgIpc) is 2.88. The highest BCUT2D eigenvalue weighted by Gasteiger charge is 2.11. The molecule has 0 fully saturated rings. The number of carbonyl (C=O) groups excluding carboxylic acids is 3. The van der Waals surface area contributed by atoms with Crippen LogP contribution in [0.4, 0.5) is 0 Å². The second kappa shape index (κ2) is 12.0. The van der Waals surface area contributed by atoms with Crippen LogP contribution in [0.3, 0.4) is 0 Å². The van der Waals surface area contributed by atoms with E-state index in [0.717, 1.165) is 17.4 Å². The molecule has 36 heavy (non-hydrogen) atoms. The molecule has 0 saturated heterocycles. The summed E-state index contributed by atoms with van der Waals surface area (Å²) in [6.07, 6.45) is 2.41. The van der Waals surface area contributed by atoms with Crippen molar-refractivity contribution in [1.29, 1.82) is 0 Å². The Morgan fingerprint density at radius 3 is 1.61 bits per heavy atom. The van der Waals surface area contributed by atoms with E-state index in [1.54, 1.807) is 38.1 Å². The van der Waals surface area contributed by atoms with Crippen LogP contribution >= 0.6 is 0 Å². The number of hydrogen-bond acceptors (Lipinski definition) is 7. The summed E-state index contributed by atoms with van der Waals surface area (Å²) in [6.45, 7) is 10.1. The van der Waals surface area contributed by atoms with Gasteiger partial charge in [-0.2, -0.15) is 0 Å². The number of rotatable bonds is 9. The van der Waals surface area contributed by atoms with Gasteiger partial charge in [-0.15, -0.1) is 0 Å². The van der Waals surface area contributed by atoms with Gasteiger partial charge in [0.2, 0.25) is 0 Å². The van der Waals surface area contributed by atoms with E-state index in [4.69, 9.17) is 18.9 Å². The first-order chi connectivity index (χ1) is 17.2. The standard InChI is InChI=1S/C29H24O7/c1-19(2)27(30)34-18-17-33-24-11-9-22(10-12-24)21-5-7-23(8-6-21)29(32)36-26-15-13-25(14-16-26)35-28(31)20(3)4/h5-18H,1,3H2,2,4H3/b18-17-. The fourth-order valence-electron chi connectivity index (χ4n) is 2.76. The Labute approximate surface area is 208 Å². The van der Waals surface area contributed by atoms with Crippen molar-refractivity contribution in [3.8, 4) is 28.4 Å². The molecule has 182 valence electrons. The number of esters is 3. The minimum Gasteiger partial charge on any atom is -0.462 e. The molecule has 7 heteroatoms. The predicted octanol–water partition coefficient (Wildman–Crippen LogP) is 6.02. The Kier molecular flexibility index (Phi) is 8.56. The van der Waals surface area contributed by atoms with Gasteiger partial charge in [0.25, 0.3) is 0 Å². The van der Waals surface area contributed by atoms with Gasteiger partial charge in [-0.3, -0.25) is 0 Å². The second-order valence-electron chi connectivity index (χ2n) is 7.71. The Morgan fingerprint density at radius 1 is 0.611 bits per heavy atom. The summed E-state index contributed by atoms with van der Waals surface area (Å²) in [4.78, 5) is 35.4. The molecule has 0 amide bonds. The second-order valence-corrected chi connectivity index (χ2v) is 7.71. The van der Waals surface area contributed by atoms with Crippen LogP contribution in [0.5, 0.6) is 17.2 Å². The van der Waals surface area contributed by atoms with E-state index >= 15 is 0 Å². The number of carbonyl (C=O) groups is 3. The molecule has 7 nitrogen and oxygen atoms in total. The molecule has 0 aliphatic rings. The van der Waals surface area contributed by atoms with Gasteiger partial charge in [0.05, 0.1) is 5.56 Å². The van der Waals surface area contributed by atoms with E-state index in [0.29, 0.717) is 28.4 Å². The lowest BCUT2D eigenvalue weighted by molar-refractivity contribution is -0.133. The molecule has 0 radical (unpaired) electrons. The summed E-state index contributed by atoms with van der Waals surface area (Å²) in [6, 6.07) is 20.3. The molecule has 0 atom stereocenters. The van der Waals surface area contributed by atoms with Crippen molar-refractivity contribution < 1.29 is 33.3 Å². The summed E-state index contributed by atoms with van der Waals surface area (Å²) >= 11 is 0. The minimum absolute atomic E-state index is 0.286. The van der Waals surface area contributed by atoms with Gasteiger partial charge < -0.3 is 18.9 Å². The Balaban J connectivity index is 1.56. The molecule has 0 bridgehead atoms. The highest BCUT2D eigenvalue weighted by molar-refractivity contribution is 5.92. The highest BCUT2D eigenvalue weighted by Crippen LogP contribution is 2.24. The molecule has 0 saturated carbocycles. The first kappa shape index (κ1) is 25.7. The molecule has 0 heterocycles. The van der Waals surface area contributed by atoms with Crippen molar-refractivity contribution >= 4 is 17.9 Å². The molecule has 3 aromatic carbocycles. The Bertz CT molecular complexity index is 1300. The fourth-order valence-corrected chi connectivity index (χ4v) is 2.76. The van der Waals surface area contributed by atoms with Crippen LogP contribution in [0.25, 0.3) is 11.1 Å². The van der Waals surface area contributed by atoms with E-state index in [1.165, 1.54) is 30.5 Å². The molecule has 0 N–H and O–H groups in total. The van der Waals surface area contributed by atoms with Crippen LogP contribution in [-0.2, 0) is 14.3 Å². The largest absolute Gasteiger partial charge is 0.462 e. The number of hydrogen-bond donors (Lipinski definition) is 0. The van der Waals surface area contributed by atoms with E-state index in [9.17, 15) is 14.4 Å². The van der Waals surface area contributed by atoms with Crippen LogP contribution < -0.4 is 14.2 Å². The van der Waals surface area contributed by atoms with Crippen molar-refractivity contribution in [2.45, 2.75) is 13.8 Å². The zero-order valence-corrected chi connectivity index (χ0v) is 19.9. The van der Waals surface area contributed by atoms with Crippen molar-refractivity contribution in [2.75, 3.05) is 0 Å². The van der Waals surface area contributed by atoms with Crippen LogP contribution in [-0.4, -0.2) is 17.9 Å². The Hall–Kier alpha value is -4.91. The van der Waals surface area contributed by atoms with E-state index < -0.39 is 17.9 Å². The minimum atomic E-state index is -0.531. The van der Waals surface area contributed by atoms with Crippen LogP contribution in [0.15, 0.2) is 110 Å². The average molecular weight is 485 g/mol. The van der Waals surface area contributed by atoms with E-state index in [2.05, 4.69) is 13.2 Å². The summed E-state index contributed by atoms with van der Waals surface area (Å²) in [5, 5.41) is 0. The maximum atomic E-state index is 12.5. The zero-order chi connectivity index (χ0) is 26.1. The Morgan fingerprint density at radius 2 is 1.08 bits per heavy atom. The predicted molar refractivity (Wildman–Crippen MR) is 134 cm³/mol. The molecule has 3 aromatic rings. The first-order valence-corrected chi connectivity index (χ1v) is 10.8. The summed E-state index contributed by atoms with van der Waals surface area (Å²) in [5.74, 6) is -0.375. The normalized spacial score (nSPS) is 10.4. The molecule has 0 unspecified atom stereocenters. The molecule has 0 aliphatic carbocycles. The quantitative estimate of drug-likeness (QED) is 0.159. The smallest absolute Gasteiger partial charge is 0.343 e. The van der Waals surface area contributed by atoms with Gasteiger partial charge in [0.15, 0.2) is 0 Å². The van der Waals surface area contributed by atoms with Gasteiger partial charge in [0.1, 0.15) is 29.8 Å². The van der Waals surface area contributed by atoms with Gasteiger partial charge in [-0.25, -0.2) is 14.4 Å². The monoisotopic (exact) mass is 484 g/mol. The third-order valence-corrected chi connectivity index (χ3v) is 4.68. The highest BCUT2D eigenvalue weighted by atomic mass is 16.5. The summed E-state index contributed by atoms with van der Waals surface area (Å²) in [5.41, 5.74) is 2.77. The molecule has 0 aromatic heterocycles. The topological polar surface area (TPSA) is 88.1 Å². The summed E-state index contributed by atoms with van der Waals surface area (Å²) in [7, 11) is 0. The molecule has 0 aliphatic heterocycles. The van der Waals surface area contributed by atoms with E-state index in [-0.39, 0.29) is 5.57 Å². The maximum absolute atomic E-state index is 12.5. The zero-order valence-electron chi connectivity index (χ0n) is 19.9. The third kappa shape index (κ3) is 7.30. The lowest BCUT2D eigenvalue weighted by atomic mass is 10.0. The first-order valence-electron chi connectivity index (χ1n) is 10.8. The van der Waals surface area contributed by atoms with Gasteiger partial charge in [0, 0.05) is 11.1 Å². The van der Waals surface area contributed by atoms with Gasteiger partial charge >= 0.3 is 17.9 Å². The van der Waals surface area contributed by atoms with Crippen molar-refractivity contribution in [3.05, 3.63) is 115 Å². The number of benzene rings is 3. The van der Waals surface area contributed by atoms with Crippen LogP contribution in [0.1, 0.15) is 24.2 Å². The maximum Gasteiger partial charge on any atom is 0.343 e. The van der Waals surface area contributed by atoms with Crippen LogP contribution in [0.2, 0.25) is 0 Å². The van der Waals surface area contributed by atoms with Crippen molar-refractivity contribution in [1.82, 2.24) is 0 Å². The third-order valence-electron chi connectivity index (χ3n) is 4.68. The molecular formula is C29H24O7. The summed E-state index contributed by atoms with van der Waals surface area (Å²) < 4.78 is 20.7. The van der Waals surface area contributed by atoms with Crippen LogP contribution in [0, 0.1) is 0 Å². The molecule has 0 spiro atoms. The SMILES string of the molecule is C=C(C)C(=O)O/C=C\Oc1ccc(-c2ccc(C(=O)Oc3ccc(OC(=O)C(=C)C)cc3)cc2)cc1. The lowest BCUT2D eigenvalue weighted by Gasteiger charge is -2.08. The van der Waals surface area contributed by atoms with Crippen molar-refractivity contribution in [3.63, 3.8) is 0 Å². The number of ether oxygens (including phenoxy) is 4. The lowest BCUT2D eigenvalue weighted by Crippen LogP contribution is -2.09. The van der Waals surface area contributed by atoms with E-state index in [1.807, 2.05) is 24.3 Å². The van der Waals surface area contributed by atoms with Gasteiger partial charge in [-0.1, -0.05) is 37.4 Å². The van der Waals surface area contributed by atoms with Gasteiger partial charge in [-0.05, 0) is 73.5 Å².